The van der Waals surface area contributed by atoms with E-state index in [4.69, 9.17) is 16.3 Å². The molecule has 0 fully saturated rings. The van der Waals surface area contributed by atoms with Crippen molar-refractivity contribution in [1.82, 2.24) is 15.2 Å². The van der Waals surface area contributed by atoms with E-state index in [1.54, 1.807) is 17.0 Å². The summed E-state index contributed by atoms with van der Waals surface area (Å²) in [6.45, 7) is 5.78. The van der Waals surface area contributed by atoms with E-state index < -0.39 is 6.23 Å². The number of halogens is 1. The molecule has 0 spiro atoms. The Kier molecular flexibility index (Phi) is 5.92. The second-order valence-corrected chi connectivity index (χ2v) is 8.81. The predicted octanol–water partition coefficient (Wildman–Crippen LogP) is 5.38. The Balaban J connectivity index is 1.88. The predicted molar refractivity (Wildman–Crippen MR) is 119 cm³/mol. The van der Waals surface area contributed by atoms with Crippen molar-refractivity contribution in [1.29, 1.82) is 0 Å². The maximum Gasteiger partial charge on any atom is 0.247 e. The van der Waals surface area contributed by atoms with Gasteiger partial charge in [0.15, 0.2) is 5.69 Å². The van der Waals surface area contributed by atoms with Gasteiger partial charge in [-0.25, -0.2) is 0 Å². The molecule has 1 aromatic heterocycles. The molecule has 1 atom stereocenters. The molecule has 0 unspecified atom stereocenters. The number of rotatable bonds is 4. The minimum atomic E-state index is -0.733. The largest absolute Gasteiger partial charge is 0.447 e. The molecule has 154 valence electrons. The first-order valence-corrected chi connectivity index (χ1v) is 11.0. The topological polar surface area (TPSA) is 68.2 Å². The van der Waals surface area contributed by atoms with Crippen molar-refractivity contribution in [2.24, 2.45) is 5.92 Å². The molecule has 0 saturated carbocycles. The van der Waals surface area contributed by atoms with E-state index in [-0.39, 0.29) is 5.91 Å². The van der Waals surface area contributed by atoms with E-state index in [9.17, 15) is 4.79 Å². The summed E-state index contributed by atoms with van der Waals surface area (Å²) in [5.41, 5.74) is 2.69. The van der Waals surface area contributed by atoms with Gasteiger partial charge < -0.3 is 4.74 Å². The molecule has 0 aliphatic carbocycles. The third-order valence-electron chi connectivity index (χ3n) is 4.53. The maximum absolute atomic E-state index is 12.7. The van der Waals surface area contributed by atoms with Crippen LogP contribution in [0.5, 0.6) is 5.88 Å². The van der Waals surface area contributed by atoms with Gasteiger partial charge in [-0.3, -0.25) is 9.69 Å². The van der Waals surface area contributed by atoms with Crippen molar-refractivity contribution in [3.63, 3.8) is 0 Å². The molecule has 8 heteroatoms. The summed E-state index contributed by atoms with van der Waals surface area (Å²) in [6.07, 6.45) is -0.733. The van der Waals surface area contributed by atoms with Crippen LogP contribution in [0, 0.1) is 5.92 Å². The van der Waals surface area contributed by atoms with Gasteiger partial charge in [0.05, 0.1) is 5.69 Å². The second-order valence-electron chi connectivity index (χ2n) is 7.38. The Morgan fingerprint density at radius 1 is 1.20 bits per heavy atom. The fourth-order valence-corrected chi connectivity index (χ4v) is 4.16. The summed E-state index contributed by atoms with van der Waals surface area (Å²) in [6, 6.07) is 14.8. The molecule has 2 heterocycles. The highest BCUT2D eigenvalue weighted by atomic mass is 35.5. The number of aromatic nitrogens is 3. The number of amides is 1. The molecule has 1 amide bonds. The summed E-state index contributed by atoms with van der Waals surface area (Å²) in [5, 5.41) is 9.80. The lowest BCUT2D eigenvalue weighted by molar-refractivity contribution is -0.118. The maximum atomic E-state index is 12.7. The number of carbonyl (C=O) groups excluding carboxylic acids is 1. The van der Waals surface area contributed by atoms with E-state index >= 15 is 0 Å². The lowest BCUT2D eigenvalue weighted by Gasteiger charge is -2.29. The van der Waals surface area contributed by atoms with Gasteiger partial charge >= 0.3 is 0 Å². The van der Waals surface area contributed by atoms with Gasteiger partial charge in [-0.2, -0.15) is 4.98 Å². The number of ether oxygens (including phenoxy) is 1. The molecule has 0 bridgehead atoms. The van der Waals surface area contributed by atoms with Gasteiger partial charge in [-0.15, -0.1) is 10.2 Å². The van der Waals surface area contributed by atoms with Crippen molar-refractivity contribution in [3.05, 3.63) is 59.1 Å². The Morgan fingerprint density at radius 2 is 2.00 bits per heavy atom. The Labute approximate surface area is 184 Å². The summed E-state index contributed by atoms with van der Waals surface area (Å²) in [5.74, 6) is 1.54. The van der Waals surface area contributed by atoms with Crippen LogP contribution in [0.2, 0.25) is 5.02 Å². The van der Waals surface area contributed by atoms with Crippen LogP contribution in [0.25, 0.3) is 11.3 Å². The van der Waals surface area contributed by atoms with Gasteiger partial charge in [0, 0.05) is 28.8 Å². The van der Waals surface area contributed by atoms with Crippen LogP contribution in [-0.2, 0) is 4.79 Å². The van der Waals surface area contributed by atoms with Crippen molar-refractivity contribution >= 4 is 35.0 Å². The van der Waals surface area contributed by atoms with Gasteiger partial charge in [-0.05, 0) is 24.1 Å². The van der Waals surface area contributed by atoms with Crippen LogP contribution in [-0.4, -0.2) is 26.8 Å². The highest BCUT2D eigenvalue weighted by Gasteiger charge is 2.34. The molecule has 4 rings (SSSR count). The number of benzene rings is 2. The zero-order valence-corrected chi connectivity index (χ0v) is 18.4. The first-order chi connectivity index (χ1) is 14.4. The number of thioether (sulfide) groups is 1. The number of hydrogen-bond donors (Lipinski definition) is 0. The summed E-state index contributed by atoms with van der Waals surface area (Å²) in [4.78, 5) is 19.0. The molecule has 0 N–H and O–H groups in total. The van der Waals surface area contributed by atoms with Crippen molar-refractivity contribution in [3.8, 4) is 17.1 Å². The molecule has 0 saturated heterocycles. The number of nitrogens with zero attached hydrogens (tertiary/aromatic N) is 4. The number of para-hydroxylation sites is 1. The third kappa shape index (κ3) is 4.13. The average molecular weight is 441 g/mol. The van der Waals surface area contributed by atoms with E-state index in [1.807, 2.05) is 36.4 Å². The van der Waals surface area contributed by atoms with E-state index in [0.29, 0.717) is 33.4 Å². The van der Waals surface area contributed by atoms with E-state index in [2.05, 4.69) is 29.0 Å². The molecule has 2 aromatic carbocycles. The van der Waals surface area contributed by atoms with Gasteiger partial charge in [-0.1, -0.05) is 67.5 Å². The molecular formula is C22H21ClN4O2S. The third-order valence-corrected chi connectivity index (χ3v) is 6.03. The summed E-state index contributed by atoms with van der Waals surface area (Å²) >= 11 is 7.76. The first-order valence-electron chi connectivity index (χ1n) is 9.63. The van der Waals surface area contributed by atoms with Gasteiger partial charge in [0.25, 0.3) is 0 Å². The molecule has 1 aliphatic heterocycles. The van der Waals surface area contributed by atoms with Crippen LogP contribution < -0.4 is 9.64 Å². The van der Waals surface area contributed by atoms with Crippen LogP contribution in [0.3, 0.4) is 0 Å². The molecule has 1 aliphatic rings. The molecule has 3 aromatic rings. The normalized spacial score (nSPS) is 15.2. The van der Waals surface area contributed by atoms with E-state index in [0.717, 1.165) is 16.9 Å². The quantitative estimate of drug-likeness (QED) is 0.507. The number of hydrogen-bond acceptors (Lipinski definition) is 6. The SMILES string of the molecule is CC(=O)N1c2ccccc2-c2nnc(SCC(C)C)nc2O[C@H]1c1cccc(Cl)c1. The average Bonchev–Trinajstić information content (AvgIpc) is 2.86. The summed E-state index contributed by atoms with van der Waals surface area (Å²) < 4.78 is 6.32. The Morgan fingerprint density at radius 3 is 2.73 bits per heavy atom. The zero-order chi connectivity index (χ0) is 21.3. The summed E-state index contributed by atoms with van der Waals surface area (Å²) in [7, 11) is 0. The fraction of sp³-hybridized carbons (Fsp3) is 0.273. The van der Waals surface area contributed by atoms with Gasteiger partial charge in [0.2, 0.25) is 23.2 Å². The van der Waals surface area contributed by atoms with E-state index in [1.165, 1.54) is 18.7 Å². The second kappa shape index (κ2) is 8.62. The number of carbonyl (C=O) groups is 1. The number of anilines is 1. The highest BCUT2D eigenvalue weighted by Crippen LogP contribution is 2.43. The minimum Gasteiger partial charge on any atom is -0.447 e. The van der Waals surface area contributed by atoms with Gasteiger partial charge in [0.1, 0.15) is 0 Å². The highest BCUT2D eigenvalue weighted by molar-refractivity contribution is 7.99. The Hall–Kier alpha value is -2.64. The van der Waals surface area contributed by atoms with Crippen LogP contribution in [0.4, 0.5) is 5.69 Å². The molecular weight excluding hydrogens is 420 g/mol. The van der Waals surface area contributed by atoms with Crippen molar-refractivity contribution in [2.45, 2.75) is 32.2 Å². The molecule has 30 heavy (non-hydrogen) atoms. The van der Waals surface area contributed by atoms with Crippen LogP contribution in [0.15, 0.2) is 53.7 Å². The lowest BCUT2D eigenvalue weighted by atomic mass is 10.1. The fourth-order valence-electron chi connectivity index (χ4n) is 3.23. The van der Waals surface area contributed by atoms with Crippen molar-refractivity contribution in [2.75, 3.05) is 10.7 Å². The molecule has 6 nitrogen and oxygen atoms in total. The zero-order valence-electron chi connectivity index (χ0n) is 16.9. The Bertz CT molecular complexity index is 1090. The standard InChI is InChI=1S/C22H21ClN4O2S/c1-13(2)12-30-22-24-20-19(25-26-22)17-9-4-5-10-18(17)27(14(3)28)21(29-20)15-7-6-8-16(23)11-15/h4-11,13,21H,12H2,1-3H3/t21-/m0/s1. The first kappa shape index (κ1) is 20.6. The van der Waals surface area contributed by atoms with Crippen molar-refractivity contribution < 1.29 is 9.53 Å². The minimum absolute atomic E-state index is 0.164. The smallest absolute Gasteiger partial charge is 0.247 e. The number of fused-ring (bicyclic) bond motifs is 3. The lowest BCUT2D eigenvalue weighted by Crippen LogP contribution is -2.36. The molecule has 0 radical (unpaired) electrons. The van der Waals surface area contributed by atoms with Crippen LogP contribution >= 0.6 is 23.4 Å². The monoisotopic (exact) mass is 440 g/mol. The van der Waals surface area contributed by atoms with Crippen LogP contribution in [0.1, 0.15) is 32.6 Å².